The van der Waals surface area contributed by atoms with Crippen LogP contribution in [0.4, 0.5) is 0 Å². The van der Waals surface area contributed by atoms with Crippen molar-refractivity contribution in [2.24, 2.45) is 0 Å². The molecule has 0 aliphatic rings. The van der Waals surface area contributed by atoms with Crippen LogP contribution in [0.5, 0.6) is 0 Å². The Labute approximate surface area is 494 Å². The van der Waals surface area contributed by atoms with E-state index >= 15 is 0 Å². The van der Waals surface area contributed by atoms with Crippen LogP contribution in [0.15, 0.2) is 36.5 Å². The summed E-state index contributed by atoms with van der Waals surface area (Å²) in [5, 5.41) is 23.2. The minimum Gasteiger partial charge on any atom is -0.466 e. The van der Waals surface area contributed by atoms with Gasteiger partial charge < -0.3 is 20.3 Å². The van der Waals surface area contributed by atoms with E-state index in [1.54, 1.807) is 6.08 Å². The number of unbranched alkanes of at least 4 members (excludes halogenated alkanes) is 52. The van der Waals surface area contributed by atoms with Crippen molar-refractivity contribution < 1.29 is 24.5 Å². The summed E-state index contributed by atoms with van der Waals surface area (Å²) < 4.78 is 5.48. The number of ether oxygens (including phenoxy) is 1. The summed E-state index contributed by atoms with van der Waals surface area (Å²) in [7, 11) is 0. The Bertz CT molecular complexity index is 1280. The fourth-order valence-electron chi connectivity index (χ4n) is 11.2. The van der Waals surface area contributed by atoms with Gasteiger partial charge >= 0.3 is 5.97 Å². The zero-order chi connectivity index (χ0) is 57.1. The maximum absolute atomic E-state index is 12.5. The third-order valence-corrected chi connectivity index (χ3v) is 16.6. The molecule has 79 heavy (non-hydrogen) atoms. The number of allylic oxidation sites excluding steroid dienone is 5. The highest BCUT2D eigenvalue weighted by molar-refractivity contribution is 5.76. The van der Waals surface area contributed by atoms with Crippen LogP contribution in [0.1, 0.15) is 393 Å². The summed E-state index contributed by atoms with van der Waals surface area (Å²) in [6.07, 6.45) is 88.1. The van der Waals surface area contributed by atoms with E-state index in [1.807, 2.05) is 6.08 Å². The summed E-state index contributed by atoms with van der Waals surface area (Å²) in [5.74, 6) is -0.0543. The van der Waals surface area contributed by atoms with Crippen molar-refractivity contribution in [3.05, 3.63) is 36.5 Å². The first kappa shape index (κ1) is 77.1. The number of esters is 1. The Balaban J connectivity index is 3.33. The van der Waals surface area contributed by atoms with Crippen molar-refractivity contribution in [3.63, 3.8) is 0 Å². The Morgan fingerprint density at radius 2 is 0.658 bits per heavy atom. The standard InChI is InChI=1S/C73H139NO5/c1-3-5-7-9-11-13-15-17-18-38-42-45-49-53-57-61-65-71(76)70(69-75)74-72(77)66-62-58-54-50-46-43-39-36-34-32-30-28-26-24-22-20-19-21-23-25-27-29-31-33-35-37-40-44-48-52-56-60-64-68-79-73(78)67-63-59-55-51-47-41-16-14-12-10-8-6-4-2/h8,10,14,16,61,65,70-71,75-76H,3-7,9,11-13,15,17-60,62-64,66-69H2,1-2H3,(H,74,77)/b10-8-,16-14-,65-61+. The molecular formula is C73H139NO5. The maximum atomic E-state index is 12.5. The van der Waals surface area contributed by atoms with E-state index in [9.17, 15) is 19.8 Å². The first-order chi connectivity index (χ1) is 39.0. The average molecular weight is 1110 g/mol. The summed E-state index contributed by atoms with van der Waals surface area (Å²) in [6, 6.07) is -0.624. The van der Waals surface area contributed by atoms with E-state index in [4.69, 9.17) is 4.74 Å². The van der Waals surface area contributed by atoms with Gasteiger partial charge in [-0.05, 0) is 57.8 Å². The van der Waals surface area contributed by atoms with Gasteiger partial charge in [-0.25, -0.2) is 0 Å². The summed E-state index contributed by atoms with van der Waals surface area (Å²) in [4.78, 5) is 24.5. The largest absolute Gasteiger partial charge is 0.466 e. The molecule has 3 N–H and O–H groups in total. The van der Waals surface area contributed by atoms with Crippen molar-refractivity contribution >= 4 is 11.9 Å². The van der Waals surface area contributed by atoms with Crippen LogP contribution in [-0.2, 0) is 14.3 Å². The maximum Gasteiger partial charge on any atom is 0.305 e. The van der Waals surface area contributed by atoms with Gasteiger partial charge in [-0.1, -0.05) is 359 Å². The van der Waals surface area contributed by atoms with Crippen molar-refractivity contribution in [1.82, 2.24) is 5.32 Å². The number of rotatable bonds is 67. The van der Waals surface area contributed by atoms with Crippen LogP contribution in [0.25, 0.3) is 0 Å². The molecule has 0 radical (unpaired) electrons. The van der Waals surface area contributed by atoms with Gasteiger partial charge in [-0.15, -0.1) is 0 Å². The van der Waals surface area contributed by atoms with E-state index in [1.165, 1.54) is 315 Å². The predicted molar refractivity (Wildman–Crippen MR) is 347 cm³/mol. The van der Waals surface area contributed by atoms with Gasteiger partial charge in [0, 0.05) is 12.8 Å². The number of nitrogens with one attached hydrogen (secondary N) is 1. The lowest BCUT2D eigenvalue weighted by atomic mass is 10.0. The van der Waals surface area contributed by atoms with E-state index in [-0.39, 0.29) is 18.5 Å². The molecule has 0 aromatic heterocycles. The lowest BCUT2D eigenvalue weighted by Crippen LogP contribution is -2.45. The van der Waals surface area contributed by atoms with Crippen LogP contribution >= 0.6 is 0 Å². The molecule has 0 fully saturated rings. The average Bonchev–Trinajstić information content (AvgIpc) is 3.45. The van der Waals surface area contributed by atoms with E-state index in [0.29, 0.717) is 19.4 Å². The minimum absolute atomic E-state index is 0.00627. The molecular weight excluding hydrogens is 971 g/mol. The van der Waals surface area contributed by atoms with Crippen LogP contribution in [0.3, 0.4) is 0 Å². The summed E-state index contributed by atoms with van der Waals surface area (Å²) >= 11 is 0. The van der Waals surface area contributed by atoms with Crippen molar-refractivity contribution in [3.8, 4) is 0 Å². The van der Waals surface area contributed by atoms with Gasteiger partial charge in [0.25, 0.3) is 0 Å². The second-order valence-electron chi connectivity index (χ2n) is 24.6. The highest BCUT2D eigenvalue weighted by Crippen LogP contribution is 2.19. The van der Waals surface area contributed by atoms with Gasteiger partial charge in [-0.2, -0.15) is 0 Å². The van der Waals surface area contributed by atoms with Crippen LogP contribution in [0.2, 0.25) is 0 Å². The highest BCUT2D eigenvalue weighted by Gasteiger charge is 2.18. The number of hydrogen-bond donors (Lipinski definition) is 3. The highest BCUT2D eigenvalue weighted by atomic mass is 16.5. The quantitative estimate of drug-likeness (QED) is 0.0320. The molecule has 0 aliphatic heterocycles. The normalized spacial score (nSPS) is 12.7. The molecule has 466 valence electrons. The molecule has 0 bridgehead atoms. The number of hydrogen-bond acceptors (Lipinski definition) is 5. The van der Waals surface area contributed by atoms with E-state index in [0.717, 1.165) is 51.4 Å². The Hall–Kier alpha value is -1.92. The number of carbonyl (C=O) groups is 2. The van der Waals surface area contributed by atoms with Gasteiger partial charge in [-0.3, -0.25) is 9.59 Å². The van der Waals surface area contributed by atoms with Gasteiger partial charge in [0.05, 0.1) is 25.4 Å². The molecule has 6 heteroatoms. The summed E-state index contributed by atoms with van der Waals surface area (Å²) in [6.45, 7) is 4.87. The zero-order valence-corrected chi connectivity index (χ0v) is 53.4. The lowest BCUT2D eigenvalue weighted by molar-refractivity contribution is -0.143. The Kier molecular flexibility index (Phi) is 66.9. The molecule has 0 spiro atoms. The monoisotopic (exact) mass is 1110 g/mol. The predicted octanol–water partition coefficient (Wildman–Crippen LogP) is 23.1. The Morgan fingerprint density at radius 1 is 0.354 bits per heavy atom. The van der Waals surface area contributed by atoms with Gasteiger partial charge in [0.2, 0.25) is 5.91 Å². The van der Waals surface area contributed by atoms with Crippen LogP contribution in [0, 0.1) is 0 Å². The molecule has 0 saturated heterocycles. The van der Waals surface area contributed by atoms with Crippen molar-refractivity contribution in [1.29, 1.82) is 0 Å². The first-order valence-electron chi connectivity index (χ1n) is 35.8. The molecule has 0 aliphatic carbocycles. The number of aliphatic hydroxyl groups excluding tert-OH is 2. The lowest BCUT2D eigenvalue weighted by Gasteiger charge is -2.20. The molecule has 0 aromatic rings. The number of amides is 1. The molecule has 0 rings (SSSR count). The smallest absolute Gasteiger partial charge is 0.305 e. The molecule has 0 saturated carbocycles. The second-order valence-corrected chi connectivity index (χ2v) is 24.6. The fourth-order valence-corrected chi connectivity index (χ4v) is 11.2. The topological polar surface area (TPSA) is 95.9 Å². The fraction of sp³-hybridized carbons (Fsp3) is 0.890. The third kappa shape index (κ3) is 65.1. The van der Waals surface area contributed by atoms with Gasteiger partial charge in [0.15, 0.2) is 0 Å². The van der Waals surface area contributed by atoms with Crippen LogP contribution < -0.4 is 5.32 Å². The first-order valence-corrected chi connectivity index (χ1v) is 35.8. The van der Waals surface area contributed by atoms with Crippen molar-refractivity contribution in [2.45, 2.75) is 405 Å². The minimum atomic E-state index is -0.841. The molecule has 6 nitrogen and oxygen atoms in total. The number of aliphatic hydroxyl groups is 2. The molecule has 2 atom stereocenters. The van der Waals surface area contributed by atoms with E-state index < -0.39 is 12.1 Å². The second kappa shape index (κ2) is 68.6. The van der Waals surface area contributed by atoms with Crippen LogP contribution in [-0.4, -0.2) is 47.4 Å². The molecule has 0 heterocycles. The summed E-state index contributed by atoms with van der Waals surface area (Å²) in [5.41, 5.74) is 0. The zero-order valence-electron chi connectivity index (χ0n) is 53.4. The van der Waals surface area contributed by atoms with E-state index in [2.05, 4.69) is 43.5 Å². The SMILES string of the molecule is CCC/C=C\C/C=C\CCCCCCCC(=O)OCCCCCCCCCCCCCCCCCCCCCCCCCCCCCCCCCCCC(=O)NC(CO)C(O)/C=C/CCCCCCCCCCCCCCCC. The number of carbonyl (C=O) groups excluding carboxylic acids is 2. The third-order valence-electron chi connectivity index (χ3n) is 16.6. The molecule has 0 aromatic carbocycles. The van der Waals surface area contributed by atoms with Gasteiger partial charge in [0.1, 0.15) is 0 Å². The Morgan fingerprint density at radius 3 is 1.01 bits per heavy atom. The molecule has 1 amide bonds. The van der Waals surface area contributed by atoms with Crippen molar-refractivity contribution in [2.75, 3.05) is 13.2 Å². The molecule has 2 unspecified atom stereocenters.